The van der Waals surface area contributed by atoms with Crippen molar-refractivity contribution in [2.75, 3.05) is 13.6 Å². The normalized spacial score (nSPS) is 10.9. The number of rotatable bonds is 7. The van der Waals surface area contributed by atoms with E-state index in [1.807, 2.05) is 0 Å². The minimum Gasteiger partial charge on any atom is -0.352 e. The Kier molecular flexibility index (Phi) is 7.18. The molecule has 0 radical (unpaired) electrons. The third-order valence-electron chi connectivity index (χ3n) is 4.47. The Morgan fingerprint density at radius 1 is 1.16 bits per heavy atom. The van der Waals surface area contributed by atoms with E-state index in [4.69, 9.17) is 0 Å². The number of hydrogen-bond acceptors (Lipinski definition) is 4. The molecule has 0 unspecified atom stereocenters. The number of nitrogens with one attached hydrogen (secondary N) is 3. The lowest BCUT2D eigenvalue weighted by atomic mass is 10.1. The third-order valence-corrected chi connectivity index (χ3v) is 5.94. The number of benzene rings is 2. The van der Waals surface area contributed by atoms with Gasteiger partial charge < -0.3 is 5.32 Å². The van der Waals surface area contributed by atoms with Crippen molar-refractivity contribution in [3.8, 4) is 11.8 Å². The minimum atomic E-state index is -3.78. The fourth-order valence-electron chi connectivity index (χ4n) is 2.80. The molecule has 7 nitrogen and oxygen atoms in total. The molecule has 3 aromatic rings. The van der Waals surface area contributed by atoms with Crippen LogP contribution in [0.5, 0.6) is 0 Å². The van der Waals surface area contributed by atoms with E-state index in [1.54, 1.807) is 12.4 Å². The summed E-state index contributed by atoms with van der Waals surface area (Å²) in [6.07, 6.45) is 5.03. The van der Waals surface area contributed by atoms with Crippen LogP contribution in [0.3, 0.4) is 0 Å². The van der Waals surface area contributed by atoms with Crippen molar-refractivity contribution in [1.29, 1.82) is 0 Å². The average Bonchev–Trinajstić information content (AvgIpc) is 3.29. The monoisotopic (exact) mass is 440 g/mol. The summed E-state index contributed by atoms with van der Waals surface area (Å²) in [6, 6.07) is 9.74. The molecule has 0 bridgehead atoms. The Hall–Kier alpha value is -3.48. The number of amides is 1. The number of H-pyrrole nitrogens is 1. The maximum Gasteiger partial charge on any atom is 0.251 e. The van der Waals surface area contributed by atoms with E-state index >= 15 is 0 Å². The second-order valence-corrected chi connectivity index (χ2v) is 8.50. The molecule has 3 N–H and O–H groups in total. The van der Waals surface area contributed by atoms with Gasteiger partial charge in [0.1, 0.15) is 5.82 Å². The lowest BCUT2D eigenvalue weighted by Crippen LogP contribution is -2.25. The summed E-state index contributed by atoms with van der Waals surface area (Å²) in [5.41, 5.74) is 2.03. The number of carbonyl (C=O) groups is 1. The van der Waals surface area contributed by atoms with Gasteiger partial charge in [-0.25, -0.2) is 17.5 Å². The van der Waals surface area contributed by atoms with Gasteiger partial charge in [0.15, 0.2) is 0 Å². The van der Waals surface area contributed by atoms with Crippen LogP contribution >= 0.6 is 0 Å². The first-order chi connectivity index (χ1) is 14.9. The highest BCUT2D eigenvalue weighted by molar-refractivity contribution is 7.89. The van der Waals surface area contributed by atoms with Crippen molar-refractivity contribution in [2.24, 2.45) is 0 Å². The summed E-state index contributed by atoms with van der Waals surface area (Å²) in [5.74, 6) is 4.88. The van der Waals surface area contributed by atoms with Gasteiger partial charge in [-0.15, -0.1) is 0 Å². The Morgan fingerprint density at radius 2 is 1.94 bits per heavy atom. The average molecular weight is 441 g/mol. The zero-order valence-electron chi connectivity index (χ0n) is 16.8. The SMILES string of the molecule is CNS(=O)(=O)c1ccc(C(=O)NCCCc2cn[nH]c2)cc1C#Cc1ccc(F)cc1. The topological polar surface area (TPSA) is 104 Å². The molecule has 1 heterocycles. The molecule has 31 heavy (non-hydrogen) atoms. The van der Waals surface area contributed by atoms with Gasteiger partial charge in [-0.1, -0.05) is 11.8 Å². The molecule has 0 fully saturated rings. The molecule has 0 aliphatic heterocycles. The van der Waals surface area contributed by atoms with Gasteiger partial charge in [-0.2, -0.15) is 5.10 Å². The van der Waals surface area contributed by atoms with Crippen molar-refractivity contribution in [1.82, 2.24) is 20.2 Å². The number of aryl methyl sites for hydroxylation is 1. The van der Waals surface area contributed by atoms with Crippen LogP contribution in [-0.2, 0) is 16.4 Å². The molecule has 3 rings (SSSR count). The fourth-order valence-corrected chi connectivity index (χ4v) is 3.66. The van der Waals surface area contributed by atoms with Crippen LogP contribution in [0, 0.1) is 17.7 Å². The van der Waals surface area contributed by atoms with Crippen molar-refractivity contribution < 1.29 is 17.6 Å². The summed E-state index contributed by atoms with van der Waals surface area (Å²) >= 11 is 0. The van der Waals surface area contributed by atoms with Gasteiger partial charge in [-0.3, -0.25) is 9.89 Å². The zero-order chi connectivity index (χ0) is 22.3. The number of halogens is 1. The zero-order valence-corrected chi connectivity index (χ0v) is 17.6. The first-order valence-electron chi connectivity index (χ1n) is 9.50. The van der Waals surface area contributed by atoms with E-state index in [-0.39, 0.29) is 16.4 Å². The predicted octanol–water partition coefficient (Wildman–Crippen LogP) is 2.22. The number of sulfonamides is 1. The molecule has 160 valence electrons. The van der Waals surface area contributed by atoms with Gasteiger partial charge in [0.05, 0.1) is 11.1 Å². The smallest absolute Gasteiger partial charge is 0.251 e. The van der Waals surface area contributed by atoms with Crippen LogP contribution < -0.4 is 10.0 Å². The molecule has 2 aromatic carbocycles. The highest BCUT2D eigenvalue weighted by Gasteiger charge is 2.18. The lowest BCUT2D eigenvalue weighted by molar-refractivity contribution is 0.0953. The van der Waals surface area contributed by atoms with Gasteiger partial charge in [0.2, 0.25) is 10.0 Å². The summed E-state index contributed by atoms with van der Waals surface area (Å²) in [4.78, 5) is 12.5. The summed E-state index contributed by atoms with van der Waals surface area (Å²) in [7, 11) is -2.48. The second-order valence-electron chi connectivity index (χ2n) is 6.64. The molecule has 0 saturated heterocycles. The van der Waals surface area contributed by atoms with Gasteiger partial charge >= 0.3 is 0 Å². The predicted molar refractivity (Wildman–Crippen MR) is 114 cm³/mol. The van der Waals surface area contributed by atoms with E-state index < -0.39 is 15.8 Å². The van der Waals surface area contributed by atoms with Crippen LogP contribution in [0.2, 0.25) is 0 Å². The highest BCUT2D eigenvalue weighted by Crippen LogP contribution is 2.17. The molecule has 0 saturated carbocycles. The van der Waals surface area contributed by atoms with Gasteiger partial charge in [-0.05, 0) is 67.9 Å². The molecular formula is C22H21FN4O3S. The van der Waals surface area contributed by atoms with Crippen molar-refractivity contribution >= 4 is 15.9 Å². The van der Waals surface area contributed by atoms with Crippen LogP contribution in [0.25, 0.3) is 0 Å². The molecule has 1 amide bonds. The first kappa shape index (κ1) is 22.2. The Balaban J connectivity index is 1.79. The molecule has 0 aliphatic rings. The largest absolute Gasteiger partial charge is 0.352 e. The van der Waals surface area contributed by atoms with E-state index in [1.165, 1.54) is 49.5 Å². The van der Waals surface area contributed by atoms with E-state index in [0.29, 0.717) is 17.7 Å². The van der Waals surface area contributed by atoms with Crippen LogP contribution in [0.4, 0.5) is 4.39 Å². The number of aromatic nitrogens is 2. The van der Waals surface area contributed by atoms with Crippen LogP contribution in [-0.4, -0.2) is 38.1 Å². The van der Waals surface area contributed by atoms with Crippen molar-refractivity contribution in [3.63, 3.8) is 0 Å². The molecule has 0 aliphatic carbocycles. The Labute approximate surface area is 180 Å². The van der Waals surface area contributed by atoms with E-state index in [9.17, 15) is 17.6 Å². The molecule has 0 atom stereocenters. The second kappa shape index (κ2) is 10.0. The van der Waals surface area contributed by atoms with Crippen molar-refractivity contribution in [2.45, 2.75) is 17.7 Å². The highest BCUT2D eigenvalue weighted by atomic mass is 32.2. The maximum absolute atomic E-state index is 13.1. The van der Waals surface area contributed by atoms with Crippen LogP contribution in [0.1, 0.15) is 33.5 Å². The van der Waals surface area contributed by atoms with Crippen LogP contribution in [0.15, 0.2) is 59.8 Å². The lowest BCUT2D eigenvalue weighted by Gasteiger charge is -2.09. The van der Waals surface area contributed by atoms with Gasteiger partial charge in [0, 0.05) is 29.4 Å². The fraction of sp³-hybridized carbons (Fsp3) is 0.182. The van der Waals surface area contributed by atoms with E-state index in [0.717, 1.165) is 18.4 Å². The first-order valence-corrected chi connectivity index (χ1v) is 11.0. The number of aromatic amines is 1. The minimum absolute atomic E-state index is 0.0406. The van der Waals surface area contributed by atoms with Gasteiger partial charge in [0.25, 0.3) is 5.91 Å². The molecular weight excluding hydrogens is 419 g/mol. The number of carbonyl (C=O) groups excluding carboxylic acids is 1. The Bertz CT molecular complexity index is 1210. The standard InChI is InChI=1S/C22H21FN4O3S/c1-24-31(29,30)21-11-8-19(22(28)25-12-2-3-17-14-26-27-15-17)13-18(21)7-4-16-5-9-20(23)10-6-16/h5-6,8-11,13-15,24H,2-3,12H2,1H3,(H,25,28)(H,26,27). The molecule has 0 spiro atoms. The number of nitrogens with zero attached hydrogens (tertiary/aromatic N) is 1. The quantitative estimate of drug-likeness (QED) is 0.387. The Morgan fingerprint density at radius 3 is 2.61 bits per heavy atom. The van der Waals surface area contributed by atoms with E-state index in [2.05, 4.69) is 32.1 Å². The summed E-state index contributed by atoms with van der Waals surface area (Å²) in [5, 5.41) is 9.43. The van der Waals surface area contributed by atoms with Crippen molar-refractivity contribution in [3.05, 3.63) is 82.9 Å². The number of hydrogen-bond donors (Lipinski definition) is 3. The molecule has 9 heteroatoms. The summed E-state index contributed by atoms with van der Waals surface area (Å²) < 4.78 is 40.0. The third kappa shape index (κ3) is 6.01. The summed E-state index contributed by atoms with van der Waals surface area (Å²) in [6.45, 7) is 0.456. The maximum atomic E-state index is 13.1. The molecule has 1 aromatic heterocycles.